The summed E-state index contributed by atoms with van der Waals surface area (Å²) in [5.74, 6) is -1.96. The molecule has 1 saturated heterocycles. The summed E-state index contributed by atoms with van der Waals surface area (Å²) in [6.07, 6.45) is 0. The number of hydrogen-bond donors (Lipinski definition) is 1. The molecular weight excluding hydrogens is 254 g/mol. The number of benzene rings is 1. The predicted octanol–water partition coefficient (Wildman–Crippen LogP) is 1.12. The van der Waals surface area contributed by atoms with Gasteiger partial charge in [0, 0.05) is 25.2 Å². The van der Waals surface area contributed by atoms with E-state index in [2.05, 4.69) is 5.32 Å². The van der Waals surface area contributed by atoms with E-state index >= 15 is 0 Å². The number of rotatable bonds is 2. The summed E-state index contributed by atoms with van der Waals surface area (Å²) in [6, 6.07) is 9.54. The Kier molecular flexibility index (Phi) is 3.34. The minimum absolute atomic E-state index is 0.275. The highest BCUT2D eigenvalue weighted by Crippen LogP contribution is 2.35. The Labute approximate surface area is 119 Å². The van der Waals surface area contributed by atoms with Crippen LogP contribution >= 0.6 is 0 Å². The van der Waals surface area contributed by atoms with E-state index < -0.39 is 17.6 Å². The topological polar surface area (TPSA) is 52.7 Å². The first-order chi connectivity index (χ1) is 9.20. The van der Waals surface area contributed by atoms with E-state index in [0.717, 1.165) is 5.56 Å². The molecule has 2 amide bonds. The van der Waals surface area contributed by atoms with Gasteiger partial charge in [-0.1, -0.05) is 30.3 Å². The number of hydrogen-bond acceptors (Lipinski definition) is 3. The molecule has 20 heavy (non-hydrogen) atoms. The molecular formula is C15H21N3O2. The molecule has 0 aliphatic carbocycles. The molecule has 1 N–H and O–H groups in total. The summed E-state index contributed by atoms with van der Waals surface area (Å²) in [5.41, 5.74) is 0.586. The van der Waals surface area contributed by atoms with Crippen molar-refractivity contribution in [3.05, 3.63) is 35.9 Å². The normalized spacial score (nSPS) is 18.9. The molecule has 0 bridgehead atoms. The third-order valence-corrected chi connectivity index (χ3v) is 3.49. The number of nitrogens with one attached hydrogen (secondary N) is 1. The van der Waals surface area contributed by atoms with Crippen LogP contribution < -0.4 is 5.32 Å². The van der Waals surface area contributed by atoms with Gasteiger partial charge >= 0.3 is 11.8 Å². The van der Waals surface area contributed by atoms with Gasteiger partial charge in [-0.15, -0.1) is 0 Å². The standard InChI is InChI=1S/C15H21N3O2/c1-14(2,3)16-15(11-9-7-6-8-10-11)17(4)12(19)13(20)18(15)5/h6-10,16H,1-5H3. The lowest BCUT2D eigenvalue weighted by Crippen LogP contribution is -2.64. The number of likely N-dealkylation sites (N-methyl/N-ethyl adjacent to an activating group) is 2. The van der Waals surface area contributed by atoms with Gasteiger partial charge in [-0.25, -0.2) is 0 Å². The molecule has 0 saturated carbocycles. The monoisotopic (exact) mass is 275 g/mol. The third-order valence-electron chi connectivity index (χ3n) is 3.49. The van der Waals surface area contributed by atoms with E-state index in [0.29, 0.717) is 0 Å². The quantitative estimate of drug-likeness (QED) is 0.823. The molecule has 1 aromatic carbocycles. The zero-order chi connectivity index (χ0) is 15.1. The van der Waals surface area contributed by atoms with Crippen molar-refractivity contribution in [3.8, 4) is 0 Å². The van der Waals surface area contributed by atoms with Crippen molar-refractivity contribution in [2.24, 2.45) is 0 Å². The Morgan fingerprint density at radius 3 is 1.80 bits per heavy atom. The van der Waals surface area contributed by atoms with Crippen molar-refractivity contribution >= 4 is 11.8 Å². The molecule has 0 radical (unpaired) electrons. The van der Waals surface area contributed by atoms with E-state index in [9.17, 15) is 9.59 Å². The van der Waals surface area contributed by atoms with Crippen LogP contribution in [0.25, 0.3) is 0 Å². The summed E-state index contributed by atoms with van der Waals surface area (Å²) in [5, 5.41) is 3.42. The lowest BCUT2D eigenvalue weighted by atomic mass is 10.0. The number of nitrogens with zero attached hydrogens (tertiary/aromatic N) is 2. The van der Waals surface area contributed by atoms with Crippen molar-refractivity contribution in [2.75, 3.05) is 14.1 Å². The van der Waals surface area contributed by atoms with E-state index in [1.165, 1.54) is 9.80 Å². The second kappa shape index (κ2) is 4.59. The van der Waals surface area contributed by atoms with Gasteiger partial charge in [0.05, 0.1) is 0 Å². The minimum Gasteiger partial charge on any atom is -0.298 e. The molecule has 108 valence electrons. The van der Waals surface area contributed by atoms with E-state index in [-0.39, 0.29) is 5.54 Å². The van der Waals surface area contributed by atoms with Crippen molar-refractivity contribution < 1.29 is 9.59 Å². The van der Waals surface area contributed by atoms with E-state index in [1.54, 1.807) is 14.1 Å². The molecule has 1 fully saturated rings. The fourth-order valence-corrected chi connectivity index (χ4v) is 2.63. The lowest BCUT2D eigenvalue weighted by molar-refractivity contribution is -0.142. The van der Waals surface area contributed by atoms with Gasteiger partial charge in [-0.2, -0.15) is 0 Å². The Morgan fingerprint density at radius 2 is 1.40 bits per heavy atom. The Hall–Kier alpha value is -1.88. The smallest absolute Gasteiger partial charge is 0.298 e. The maximum Gasteiger partial charge on any atom is 0.315 e. The summed E-state index contributed by atoms with van der Waals surface area (Å²) in [6.45, 7) is 6.02. The third kappa shape index (κ3) is 2.08. The van der Waals surface area contributed by atoms with Crippen LogP contribution in [0.4, 0.5) is 0 Å². The fourth-order valence-electron chi connectivity index (χ4n) is 2.63. The molecule has 1 heterocycles. The largest absolute Gasteiger partial charge is 0.315 e. The zero-order valence-corrected chi connectivity index (χ0v) is 12.6. The van der Waals surface area contributed by atoms with Crippen molar-refractivity contribution in [1.29, 1.82) is 0 Å². The highest BCUT2D eigenvalue weighted by atomic mass is 16.2. The van der Waals surface area contributed by atoms with Crippen molar-refractivity contribution in [2.45, 2.75) is 32.1 Å². The van der Waals surface area contributed by atoms with E-state index in [1.807, 2.05) is 51.1 Å². The average molecular weight is 275 g/mol. The molecule has 0 unspecified atom stereocenters. The van der Waals surface area contributed by atoms with Crippen LogP contribution in [0.5, 0.6) is 0 Å². The van der Waals surface area contributed by atoms with Gasteiger partial charge in [-0.3, -0.25) is 24.7 Å². The molecule has 0 aromatic heterocycles. The van der Waals surface area contributed by atoms with Gasteiger partial charge in [0.25, 0.3) is 0 Å². The molecule has 5 nitrogen and oxygen atoms in total. The van der Waals surface area contributed by atoms with E-state index in [4.69, 9.17) is 0 Å². The second-order valence-corrected chi connectivity index (χ2v) is 6.14. The number of carbonyl (C=O) groups excluding carboxylic acids is 2. The number of carbonyl (C=O) groups is 2. The molecule has 5 heteroatoms. The Bertz CT molecular complexity index is 514. The number of amides is 2. The first-order valence-corrected chi connectivity index (χ1v) is 6.61. The molecule has 1 aromatic rings. The lowest BCUT2D eigenvalue weighted by Gasteiger charge is -2.45. The highest BCUT2D eigenvalue weighted by molar-refractivity contribution is 6.37. The van der Waals surface area contributed by atoms with Crippen LogP contribution in [-0.2, 0) is 15.4 Å². The first-order valence-electron chi connectivity index (χ1n) is 6.61. The van der Waals surface area contributed by atoms with Crippen molar-refractivity contribution in [1.82, 2.24) is 15.1 Å². The average Bonchev–Trinajstić information content (AvgIpc) is 2.55. The highest BCUT2D eigenvalue weighted by Gasteiger charge is 2.55. The van der Waals surface area contributed by atoms with Gasteiger partial charge in [0.1, 0.15) is 0 Å². The van der Waals surface area contributed by atoms with Gasteiger partial charge in [0.15, 0.2) is 0 Å². The van der Waals surface area contributed by atoms with Crippen LogP contribution in [0, 0.1) is 0 Å². The van der Waals surface area contributed by atoms with Crippen LogP contribution in [0.1, 0.15) is 26.3 Å². The first kappa shape index (κ1) is 14.5. The van der Waals surface area contributed by atoms with Crippen LogP contribution in [0.3, 0.4) is 0 Å². The summed E-state index contributed by atoms with van der Waals surface area (Å²) < 4.78 is 0. The Balaban J connectivity index is 2.62. The van der Waals surface area contributed by atoms with Gasteiger partial charge in [0.2, 0.25) is 5.79 Å². The maximum atomic E-state index is 12.1. The molecule has 0 spiro atoms. The Morgan fingerprint density at radius 1 is 0.950 bits per heavy atom. The minimum atomic E-state index is -0.951. The maximum absolute atomic E-state index is 12.1. The summed E-state index contributed by atoms with van der Waals surface area (Å²) >= 11 is 0. The molecule has 1 aliphatic heterocycles. The second-order valence-electron chi connectivity index (χ2n) is 6.14. The van der Waals surface area contributed by atoms with Crippen LogP contribution in [0.15, 0.2) is 30.3 Å². The van der Waals surface area contributed by atoms with Gasteiger partial charge in [-0.05, 0) is 20.8 Å². The summed E-state index contributed by atoms with van der Waals surface area (Å²) in [4.78, 5) is 27.1. The van der Waals surface area contributed by atoms with Crippen LogP contribution in [-0.4, -0.2) is 41.2 Å². The predicted molar refractivity (Wildman–Crippen MR) is 76.5 cm³/mol. The molecule has 1 aliphatic rings. The molecule has 0 atom stereocenters. The zero-order valence-electron chi connectivity index (χ0n) is 12.6. The van der Waals surface area contributed by atoms with Crippen molar-refractivity contribution in [3.63, 3.8) is 0 Å². The molecule has 2 rings (SSSR count). The van der Waals surface area contributed by atoms with Crippen LogP contribution in [0.2, 0.25) is 0 Å². The SMILES string of the molecule is CN1C(=O)C(=O)N(C)C1(NC(C)(C)C)c1ccccc1. The fraction of sp³-hybridized carbons (Fsp3) is 0.467. The summed E-state index contributed by atoms with van der Waals surface area (Å²) in [7, 11) is 3.30. The van der Waals surface area contributed by atoms with Gasteiger partial charge < -0.3 is 0 Å².